The molecule has 1 amide bonds. The van der Waals surface area contributed by atoms with Gasteiger partial charge in [-0.05, 0) is 60.5 Å². The Kier molecular flexibility index (Phi) is 5.37. The first kappa shape index (κ1) is 17.7. The number of hydrogen-bond acceptors (Lipinski definition) is 2. The Hall–Kier alpha value is -3.08. The van der Waals surface area contributed by atoms with Crippen LogP contribution in [0.25, 0.3) is 0 Å². The van der Waals surface area contributed by atoms with Crippen LogP contribution in [0, 0.1) is 12.7 Å². The van der Waals surface area contributed by atoms with Crippen molar-refractivity contribution in [2.24, 2.45) is 0 Å². The molecule has 5 heteroatoms. The summed E-state index contributed by atoms with van der Waals surface area (Å²) < 4.78 is 20.4. The van der Waals surface area contributed by atoms with Gasteiger partial charge < -0.3 is 14.6 Å². The molecule has 3 rings (SSSR count). The predicted octanol–water partition coefficient (Wildman–Crippen LogP) is 4.56. The molecule has 4 nitrogen and oxygen atoms in total. The summed E-state index contributed by atoms with van der Waals surface area (Å²) in [5, 5.41) is 2.88. The number of amides is 1. The maximum absolute atomic E-state index is 13.2. The molecule has 2 aromatic carbocycles. The third-order valence-corrected chi connectivity index (χ3v) is 4.33. The lowest BCUT2D eigenvalue weighted by Gasteiger charge is -2.20. The van der Waals surface area contributed by atoms with Crippen molar-refractivity contribution in [3.8, 4) is 5.75 Å². The SMILES string of the molecule is COc1ccc([C@H](CC(=O)Nc2ccc(F)cc2C)n2cccc2)cc1. The highest BCUT2D eigenvalue weighted by atomic mass is 19.1. The van der Waals surface area contributed by atoms with Crippen molar-refractivity contribution < 1.29 is 13.9 Å². The summed E-state index contributed by atoms with van der Waals surface area (Å²) in [5.74, 6) is 0.324. The third-order valence-electron chi connectivity index (χ3n) is 4.33. The van der Waals surface area contributed by atoms with Crippen molar-refractivity contribution in [2.75, 3.05) is 12.4 Å². The first-order chi connectivity index (χ1) is 12.6. The van der Waals surface area contributed by atoms with Crippen molar-refractivity contribution in [3.05, 3.63) is 83.9 Å². The highest BCUT2D eigenvalue weighted by molar-refractivity contribution is 5.92. The number of rotatable bonds is 6. The number of ether oxygens (including phenoxy) is 1. The van der Waals surface area contributed by atoms with Crippen molar-refractivity contribution in [1.29, 1.82) is 0 Å². The lowest BCUT2D eigenvalue weighted by atomic mass is 10.0. The van der Waals surface area contributed by atoms with E-state index in [1.54, 1.807) is 20.1 Å². The number of carbonyl (C=O) groups is 1. The lowest BCUT2D eigenvalue weighted by Crippen LogP contribution is -2.20. The molecule has 134 valence electrons. The van der Waals surface area contributed by atoms with Gasteiger partial charge in [0.15, 0.2) is 0 Å². The molecule has 0 aliphatic rings. The Morgan fingerprint density at radius 3 is 2.46 bits per heavy atom. The van der Waals surface area contributed by atoms with Gasteiger partial charge >= 0.3 is 0 Å². The van der Waals surface area contributed by atoms with E-state index in [0.717, 1.165) is 11.3 Å². The van der Waals surface area contributed by atoms with Gasteiger partial charge in [-0.3, -0.25) is 4.79 Å². The van der Waals surface area contributed by atoms with E-state index in [0.29, 0.717) is 11.3 Å². The van der Waals surface area contributed by atoms with E-state index in [1.165, 1.54) is 12.1 Å². The molecule has 0 saturated heterocycles. The second-order valence-electron chi connectivity index (χ2n) is 6.13. The normalized spacial score (nSPS) is 11.8. The number of benzene rings is 2. The maximum atomic E-state index is 13.2. The van der Waals surface area contributed by atoms with Crippen LogP contribution in [0.1, 0.15) is 23.6 Å². The Bertz CT molecular complexity index is 874. The molecule has 26 heavy (non-hydrogen) atoms. The number of carbonyl (C=O) groups excluding carboxylic acids is 1. The Morgan fingerprint density at radius 2 is 1.85 bits per heavy atom. The van der Waals surface area contributed by atoms with Gasteiger partial charge in [0.25, 0.3) is 0 Å². The summed E-state index contributed by atoms with van der Waals surface area (Å²) in [6, 6.07) is 15.7. The van der Waals surface area contributed by atoms with Gasteiger partial charge in [0, 0.05) is 18.1 Å². The molecule has 0 aliphatic carbocycles. The fourth-order valence-electron chi connectivity index (χ4n) is 2.92. The molecule has 0 bridgehead atoms. The van der Waals surface area contributed by atoms with E-state index in [1.807, 2.05) is 53.4 Å². The average molecular weight is 352 g/mol. The summed E-state index contributed by atoms with van der Waals surface area (Å²) in [6.07, 6.45) is 4.13. The monoisotopic (exact) mass is 352 g/mol. The van der Waals surface area contributed by atoms with Gasteiger partial charge in [0.05, 0.1) is 19.6 Å². The van der Waals surface area contributed by atoms with E-state index in [-0.39, 0.29) is 24.2 Å². The van der Waals surface area contributed by atoms with Crippen LogP contribution in [-0.2, 0) is 4.79 Å². The summed E-state index contributed by atoms with van der Waals surface area (Å²) in [4.78, 5) is 12.6. The third kappa shape index (κ3) is 4.11. The average Bonchev–Trinajstić information content (AvgIpc) is 3.17. The van der Waals surface area contributed by atoms with Crippen LogP contribution in [0.2, 0.25) is 0 Å². The zero-order chi connectivity index (χ0) is 18.5. The van der Waals surface area contributed by atoms with Gasteiger partial charge in [0.2, 0.25) is 5.91 Å². The Morgan fingerprint density at radius 1 is 1.15 bits per heavy atom. The van der Waals surface area contributed by atoms with Crippen molar-refractivity contribution >= 4 is 11.6 Å². The Balaban J connectivity index is 1.80. The Labute approximate surface area is 152 Å². The first-order valence-corrected chi connectivity index (χ1v) is 8.39. The molecular weight excluding hydrogens is 331 g/mol. The fourth-order valence-corrected chi connectivity index (χ4v) is 2.92. The molecule has 0 saturated carbocycles. The quantitative estimate of drug-likeness (QED) is 0.707. The molecule has 0 radical (unpaired) electrons. The number of methoxy groups -OCH3 is 1. The van der Waals surface area contributed by atoms with Gasteiger partial charge in [-0.2, -0.15) is 0 Å². The molecule has 0 unspecified atom stereocenters. The van der Waals surface area contributed by atoms with Crippen LogP contribution in [0.4, 0.5) is 10.1 Å². The zero-order valence-electron chi connectivity index (χ0n) is 14.8. The number of halogens is 1. The van der Waals surface area contributed by atoms with Gasteiger partial charge in [-0.1, -0.05) is 12.1 Å². The molecule has 1 aromatic heterocycles. The van der Waals surface area contributed by atoms with E-state index < -0.39 is 0 Å². The number of hydrogen-bond donors (Lipinski definition) is 1. The van der Waals surface area contributed by atoms with Crippen molar-refractivity contribution in [1.82, 2.24) is 4.57 Å². The zero-order valence-corrected chi connectivity index (χ0v) is 14.8. The van der Waals surface area contributed by atoms with E-state index in [2.05, 4.69) is 5.32 Å². The van der Waals surface area contributed by atoms with E-state index in [9.17, 15) is 9.18 Å². The molecule has 0 fully saturated rings. The van der Waals surface area contributed by atoms with E-state index in [4.69, 9.17) is 4.74 Å². The van der Waals surface area contributed by atoms with Crippen molar-refractivity contribution in [2.45, 2.75) is 19.4 Å². The summed E-state index contributed by atoms with van der Waals surface area (Å²) in [5.41, 5.74) is 2.32. The second-order valence-corrected chi connectivity index (χ2v) is 6.13. The largest absolute Gasteiger partial charge is 0.497 e. The molecule has 0 aliphatic heterocycles. The predicted molar refractivity (Wildman–Crippen MR) is 99.9 cm³/mol. The molecule has 1 N–H and O–H groups in total. The number of anilines is 1. The van der Waals surface area contributed by atoms with Gasteiger partial charge in [-0.15, -0.1) is 0 Å². The molecule has 1 atom stereocenters. The lowest BCUT2D eigenvalue weighted by molar-refractivity contribution is -0.116. The minimum Gasteiger partial charge on any atom is -0.497 e. The molecule has 0 spiro atoms. The van der Waals surface area contributed by atoms with Crippen LogP contribution < -0.4 is 10.1 Å². The minimum atomic E-state index is -0.316. The molecule has 1 heterocycles. The molecular formula is C21H21FN2O2. The number of aryl methyl sites for hydroxylation is 1. The van der Waals surface area contributed by atoms with Crippen LogP contribution in [0.5, 0.6) is 5.75 Å². The van der Waals surface area contributed by atoms with Crippen LogP contribution in [0.15, 0.2) is 67.0 Å². The topological polar surface area (TPSA) is 43.3 Å². The van der Waals surface area contributed by atoms with Gasteiger partial charge in [-0.25, -0.2) is 4.39 Å². The molecule has 3 aromatic rings. The number of nitrogens with one attached hydrogen (secondary N) is 1. The van der Waals surface area contributed by atoms with E-state index >= 15 is 0 Å². The van der Waals surface area contributed by atoms with Crippen LogP contribution in [-0.4, -0.2) is 17.6 Å². The number of nitrogens with zero attached hydrogens (tertiary/aromatic N) is 1. The second kappa shape index (κ2) is 7.87. The first-order valence-electron chi connectivity index (χ1n) is 8.39. The van der Waals surface area contributed by atoms with Gasteiger partial charge in [0.1, 0.15) is 11.6 Å². The smallest absolute Gasteiger partial charge is 0.226 e. The fraction of sp³-hybridized carbons (Fsp3) is 0.190. The van der Waals surface area contributed by atoms with Crippen LogP contribution >= 0.6 is 0 Å². The minimum absolute atomic E-state index is 0.130. The highest BCUT2D eigenvalue weighted by Gasteiger charge is 2.18. The highest BCUT2D eigenvalue weighted by Crippen LogP contribution is 2.25. The number of aromatic nitrogens is 1. The summed E-state index contributed by atoms with van der Waals surface area (Å²) in [6.45, 7) is 1.77. The van der Waals surface area contributed by atoms with Crippen molar-refractivity contribution in [3.63, 3.8) is 0 Å². The standard InChI is InChI=1S/C21H21FN2O2/c1-15-13-17(22)7-10-19(15)23-21(25)14-20(24-11-3-4-12-24)16-5-8-18(26-2)9-6-16/h3-13,20H,14H2,1-2H3,(H,23,25)/t20-/m0/s1. The summed E-state index contributed by atoms with van der Waals surface area (Å²) >= 11 is 0. The van der Waals surface area contributed by atoms with Crippen LogP contribution in [0.3, 0.4) is 0 Å². The maximum Gasteiger partial charge on any atom is 0.226 e. The summed E-state index contributed by atoms with van der Waals surface area (Å²) in [7, 11) is 1.62.